The fraction of sp³-hybridized carbons (Fsp3) is 0.588. The predicted molar refractivity (Wildman–Crippen MR) is 84.1 cm³/mol. The number of rotatable bonds is 6. The van der Waals surface area contributed by atoms with Gasteiger partial charge in [0.05, 0.1) is 25.2 Å². The van der Waals surface area contributed by atoms with E-state index in [0.717, 1.165) is 31.5 Å². The average Bonchev–Trinajstić information content (AvgIpc) is 2.55. The Kier molecular flexibility index (Phi) is 6.21. The molecule has 0 aliphatic carbocycles. The van der Waals surface area contributed by atoms with Gasteiger partial charge in [0.2, 0.25) is 5.91 Å². The number of carbonyl (C=O) groups excluding carboxylic acids is 1. The third-order valence-corrected chi connectivity index (χ3v) is 4.21. The molecule has 0 saturated carbocycles. The molecule has 1 N–H and O–H groups in total. The first-order chi connectivity index (χ1) is 10.2. The van der Waals surface area contributed by atoms with E-state index in [4.69, 9.17) is 4.74 Å². The van der Waals surface area contributed by atoms with Crippen molar-refractivity contribution < 1.29 is 9.53 Å². The smallest absolute Gasteiger partial charge is 0.225 e. The third kappa shape index (κ3) is 4.83. The number of piperidine rings is 1. The lowest BCUT2D eigenvalue weighted by molar-refractivity contribution is -0.133. The van der Waals surface area contributed by atoms with E-state index in [1.807, 2.05) is 25.2 Å². The van der Waals surface area contributed by atoms with Crippen LogP contribution in [0.4, 0.5) is 0 Å². The standard InChI is InChI=1S/C17H26N2O2/c1-14(15-6-4-3-5-7-15)19(2)17(20)10-13-21-16-8-11-18-12-9-16/h3-7,14,16,18H,8-13H2,1-2H3. The predicted octanol–water partition coefficient (Wildman–Crippen LogP) is 2.36. The Labute approximate surface area is 127 Å². The Hall–Kier alpha value is -1.39. The number of carbonyl (C=O) groups is 1. The largest absolute Gasteiger partial charge is 0.378 e. The molecule has 1 amide bonds. The maximum atomic E-state index is 12.2. The summed E-state index contributed by atoms with van der Waals surface area (Å²) in [6.45, 7) is 4.61. The summed E-state index contributed by atoms with van der Waals surface area (Å²) in [5, 5.41) is 3.31. The highest BCUT2D eigenvalue weighted by Crippen LogP contribution is 2.19. The van der Waals surface area contributed by atoms with Crippen molar-refractivity contribution in [3.63, 3.8) is 0 Å². The van der Waals surface area contributed by atoms with Crippen LogP contribution >= 0.6 is 0 Å². The molecular weight excluding hydrogens is 264 g/mol. The first-order valence-electron chi connectivity index (χ1n) is 7.81. The van der Waals surface area contributed by atoms with Crippen molar-refractivity contribution in [2.75, 3.05) is 26.7 Å². The van der Waals surface area contributed by atoms with Crippen LogP contribution in [0.3, 0.4) is 0 Å². The van der Waals surface area contributed by atoms with Crippen LogP contribution in [-0.4, -0.2) is 43.7 Å². The van der Waals surface area contributed by atoms with Crippen molar-refractivity contribution >= 4 is 5.91 Å². The van der Waals surface area contributed by atoms with Gasteiger partial charge in [-0.2, -0.15) is 0 Å². The van der Waals surface area contributed by atoms with Gasteiger partial charge >= 0.3 is 0 Å². The molecule has 116 valence electrons. The summed E-state index contributed by atoms with van der Waals surface area (Å²) in [7, 11) is 1.87. The molecule has 0 spiro atoms. The monoisotopic (exact) mass is 290 g/mol. The molecule has 1 saturated heterocycles. The Morgan fingerprint density at radius 2 is 2.00 bits per heavy atom. The summed E-state index contributed by atoms with van der Waals surface area (Å²) in [6, 6.07) is 10.2. The Bertz CT molecular complexity index is 430. The molecule has 0 bridgehead atoms. The van der Waals surface area contributed by atoms with Crippen molar-refractivity contribution in [3.8, 4) is 0 Å². The summed E-state index contributed by atoms with van der Waals surface area (Å²) in [6.07, 6.45) is 2.86. The minimum atomic E-state index is 0.0950. The fourth-order valence-corrected chi connectivity index (χ4v) is 2.62. The first-order valence-corrected chi connectivity index (χ1v) is 7.81. The molecule has 0 aromatic heterocycles. The van der Waals surface area contributed by atoms with Crippen molar-refractivity contribution in [1.29, 1.82) is 0 Å². The van der Waals surface area contributed by atoms with Crippen LogP contribution in [-0.2, 0) is 9.53 Å². The van der Waals surface area contributed by atoms with E-state index in [-0.39, 0.29) is 11.9 Å². The van der Waals surface area contributed by atoms with Crippen molar-refractivity contribution in [2.45, 2.75) is 38.3 Å². The van der Waals surface area contributed by atoms with Crippen molar-refractivity contribution in [2.24, 2.45) is 0 Å². The van der Waals surface area contributed by atoms with Gasteiger partial charge in [-0.1, -0.05) is 30.3 Å². The Morgan fingerprint density at radius 1 is 1.33 bits per heavy atom. The van der Waals surface area contributed by atoms with Crippen LogP contribution in [0.5, 0.6) is 0 Å². The lowest BCUT2D eigenvalue weighted by atomic mass is 10.1. The molecule has 0 radical (unpaired) electrons. The van der Waals surface area contributed by atoms with E-state index in [9.17, 15) is 4.79 Å². The zero-order valence-corrected chi connectivity index (χ0v) is 13.0. The molecule has 1 heterocycles. The summed E-state index contributed by atoms with van der Waals surface area (Å²) < 4.78 is 5.80. The quantitative estimate of drug-likeness (QED) is 0.874. The summed E-state index contributed by atoms with van der Waals surface area (Å²) in [4.78, 5) is 14.0. The second kappa shape index (κ2) is 8.15. The average molecular weight is 290 g/mol. The van der Waals surface area contributed by atoms with Gasteiger partial charge in [0.15, 0.2) is 0 Å². The molecular formula is C17H26N2O2. The van der Waals surface area contributed by atoms with Gasteiger partial charge in [-0.25, -0.2) is 0 Å². The van der Waals surface area contributed by atoms with Gasteiger partial charge in [-0.15, -0.1) is 0 Å². The molecule has 1 aromatic carbocycles. The number of hydrogen-bond donors (Lipinski definition) is 1. The van der Waals surface area contributed by atoms with Gasteiger partial charge in [-0.3, -0.25) is 4.79 Å². The van der Waals surface area contributed by atoms with Crippen LogP contribution in [0.1, 0.15) is 37.8 Å². The minimum Gasteiger partial charge on any atom is -0.378 e. The molecule has 1 aliphatic heterocycles. The van der Waals surface area contributed by atoms with Crippen LogP contribution in [0.2, 0.25) is 0 Å². The normalized spacial score (nSPS) is 17.4. The molecule has 2 rings (SSSR count). The molecule has 21 heavy (non-hydrogen) atoms. The van der Waals surface area contributed by atoms with E-state index in [1.165, 1.54) is 0 Å². The summed E-state index contributed by atoms with van der Waals surface area (Å²) in [5.74, 6) is 0.139. The van der Waals surface area contributed by atoms with Gasteiger partial charge < -0.3 is 15.0 Å². The van der Waals surface area contributed by atoms with E-state index in [1.54, 1.807) is 4.90 Å². The second-order valence-corrected chi connectivity index (χ2v) is 5.66. The second-order valence-electron chi connectivity index (χ2n) is 5.66. The SMILES string of the molecule is CC(c1ccccc1)N(C)C(=O)CCOC1CCNCC1. The number of hydrogen-bond acceptors (Lipinski definition) is 3. The highest BCUT2D eigenvalue weighted by Gasteiger charge is 2.18. The van der Waals surface area contributed by atoms with E-state index in [0.29, 0.717) is 19.1 Å². The van der Waals surface area contributed by atoms with E-state index >= 15 is 0 Å². The lowest BCUT2D eigenvalue weighted by Gasteiger charge is -2.26. The fourth-order valence-electron chi connectivity index (χ4n) is 2.62. The molecule has 4 heteroatoms. The summed E-state index contributed by atoms with van der Waals surface area (Å²) >= 11 is 0. The number of amides is 1. The van der Waals surface area contributed by atoms with Gasteiger partial charge in [0, 0.05) is 7.05 Å². The highest BCUT2D eigenvalue weighted by atomic mass is 16.5. The maximum absolute atomic E-state index is 12.2. The minimum absolute atomic E-state index is 0.0950. The van der Waals surface area contributed by atoms with Crippen LogP contribution in [0, 0.1) is 0 Å². The number of nitrogens with one attached hydrogen (secondary N) is 1. The topological polar surface area (TPSA) is 41.6 Å². The maximum Gasteiger partial charge on any atom is 0.225 e. The number of nitrogens with zero attached hydrogens (tertiary/aromatic N) is 1. The van der Waals surface area contributed by atoms with Crippen molar-refractivity contribution in [3.05, 3.63) is 35.9 Å². The Balaban J connectivity index is 1.74. The molecule has 4 nitrogen and oxygen atoms in total. The van der Waals surface area contributed by atoms with Gasteiger partial charge in [-0.05, 0) is 38.4 Å². The molecule has 1 unspecified atom stereocenters. The van der Waals surface area contributed by atoms with Crippen LogP contribution in [0.15, 0.2) is 30.3 Å². The highest BCUT2D eigenvalue weighted by molar-refractivity contribution is 5.76. The van der Waals surface area contributed by atoms with Crippen LogP contribution in [0.25, 0.3) is 0 Å². The Morgan fingerprint density at radius 3 is 2.67 bits per heavy atom. The number of benzene rings is 1. The number of ether oxygens (including phenoxy) is 1. The van der Waals surface area contributed by atoms with E-state index in [2.05, 4.69) is 24.4 Å². The van der Waals surface area contributed by atoms with E-state index < -0.39 is 0 Å². The molecule has 1 aromatic rings. The third-order valence-electron chi connectivity index (χ3n) is 4.21. The summed E-state index contributed by atoms with van der Waals surface area (Å²) in [5.41, 5.74) is 1.16. The zero-order valence-electron chi connectivity index (χ0n) is 13.0. The van der Waals surface area contributed by atoms with Crippen molar-refractivity contribution in [1.82, 2.24) is 10.2 Å². The molecule has 1 fully saturated rings. The molecule has 1 aliphatic rings. The first kappa shape index (κ1) is 16.0. The lowest BCUT2D eigenvalue weighted by Crippen LogP contribution is -2.34. The van der Waals surface area contributed by atoms with Gasteiger partial charge in [0.25, 0.3) is 0 Å². The molecule has 1 atom stereocenters. The zero-order chi connectivity index (χ0) is 15.1. The van der Waals surface area contributed by atoms with Gasteiger partial charge in [0.1, 0.15) is 0 Å². The van der Waals surface area contributed by atoms with Crippen LogP contribution < -0.4 is 5.32 Å².